The van der Waals surface area contributed by atoms with E-state index < -0.39 is 0 Å². The molecule has 0 heterocycles. The van der Waals surface area contributed by atoms with E-state index in [1.54, 1.807) is 6.92 Å². The number of urea groups is 1. The van der Waals surface area contributed by atoms with Crippen LogP contribution in [-0.2, 0) is 0 Å². The third-order valence-electron chi connectivity index (χ3n) is 3.33. The number of rotatable bonds is 3. The summed E-state index contributed by atoms with van der Waals surface area (Å²) in [4.78, 5) is 11.5. The smallest absolute Gasteiger partial charge is 0.315 e. The highest BCUT2D eigenvalue weighted by molar-refractivity contribution is 5.74. The molecule has 0 aromatic carbocycles. The molecule has 1 atom stereocenters. The summed E-state index contributed by atoms with van der Waals surface area (Å²) in [5, 5.41) is 14.5. The molecule has 1 saturated carbocycles. The average molecular weight is 228 g/mol. The molecule has 0 radical (unpaired) electrons. The average Bonchev–Trinajstić information content (AvgIpc) is 2.21. The van der Waals surface area contributed by atoms with E-state index in [1.165, 1.54) is 0 Å². The lowest BCUT2D eigenvalue weighted by Crippen LogP contribution is -2.47. The summed E-state index contributed by atoms with van der Waals surface area (Å²) in [5.74, 6) is 0. The minimum Gasteiger partial charge on any atom is -0.394 e. The predicted octanol–water partition coefficient (Wildman–Crippen LogP) is 1.64. The number of nitrogens with one attached hydrogen (secondary N) is 2. The Balaban J connectivity index is 2.26. The van der Waals surface area contributed by atoms with E-state index in [0.29, 0.717) is 11.5 Å². The number of amides is 2. The van der Waals surface area contributed by atoms with Crippen LogP contribution in [0.25, 0.3) is 0 Å². The standard InChI is InChI=1S/C12H24N2O2/c1-9(8-15)13-11(16)14-10-4-6-12(2,3)7-5-10/h9-10,15H,4-8H2,1-3H3,(H2,13,14,16). The number of hydrogen-bond donors (Lipinski definition) is 3. The van der Waals surface area contributed by atoms with Crippen LogP contribution < -0.4 is 10.6 Å². The Morgan fingerprint density at radius 1 is 1.44 bits per heavy atom. The van der Waals surface area contributed by atoms with E-state index in [-0.39, 0.29) is 18.7 Å². The summed E-state index contributed by atoms with van der Waals surface area (Å²) in [5.41, 5.74) is 0.424. The Hall–Kier alpha value is -0.770. The molecule has 94 valence electrons. The van der Waals surface area contributed by atoms with Gasteiger partial charge in [-0.2, -0.15) is 0 Å². The fourth-order valence-corrected chi connectivity index (χ4v) is 2.04. The topological polar surface area (TPSA) is 61.4 Å². The van der Waals surface area contributed by atoms with Crippen molar-refractivity contribution in [3.63, 3.8) is 0 Å². The van der Waals surface area contributed by atoms with Crippen molar-refractivity contribution in [2.45, 2.75) is 58.5 Å². The SMILES string of the molecule is CC(CO)NC(=O)NC1CCC(C)(C)CC1. The molecule has 2 amide bonds. The lowest BCUT2D eigenvalue weighted by atomic mass is 9.76. The molecule has 16 heavy (non-hydrogen) atoms. The molecule has 4 heteroatoms. The van der Waals surface area contributed by atoms with Crippen molar-refractivity contribution >= 4 is 6.03 Å². The Kier molecular flexibility index (Phi) is 4.59. The van der Waals surface area contributed by atoms with Crippen LogP contribution in [0, 0.1) is 5.41 Å². The lowest BCUT2D eigenvalue weighted by Gasteiger charge is -2.34. The molecule has 0 aromatic heterocycles. The van der Waals surface area contributed by atoms with Crippen LogP contribution in [-0.4, -0.2) is 29.8 Å². The van der Waals surface area contributed by atoms with Gasteiger partial charge in [0, 0.05) is 6.04 Å². The van der Waals surface area contributed by atoms with Gasteiger partial charge in [0.2, 0.25) is 0 Å². The van der Waals surface area contributed by atoms with Gasteiger partial charge in [-0.1, -0.05) is 13.8 Å². The maximum absolute atomic E-state index is 11.5. The van der Waals surface area contributed by atoms with Crippen molar-refractivity contribution in [3.8, 4) is 0 Å². The highest BCUT2D eigenvalue weighted by Gasteiger charge is 2.27. The third kappa shape index (κ3) is 4.39. The molecule has 1 aliphatic rings. The maximum atomic E-state index is 11.5. The second-order valence-electron chi connectivity index (χ2n) is 5.64. The second kappa shape index (κ2) is 5.53. The van der Waals surface area contributed by atoms with E-state index in [9.17, 15) is 4.79 Å². The van der Waals surface area contributed by atoms with Gasteiger partial charge in [0.05, 0.1) is 12.6 Å². The van der Waals surface area contributed by atoms with Crippen LogP contribution in [0.5, 0.6) is 0 Å². The van der Waals surface area contributed by atoms with Gasteiger partial charge in [0.1, 0.15) is 0 Å². The first-order chi connectivity index (χ1) is 7.43. The van der Waals surface area contributed by atoms with Crippen LogP contribution in [0.1, 0.15) is 46.5 Å². The molecule has 1 fully saturated rings. The van der Waals surface area contributed by atoms with Crippen LogP contribution >= 0.6 is 0 Å². The summed E-state index contributed by atoms with van der Waals surface area (Å²) in [7, 11) is 0. The Labute approximate surface area is 97.8 Å². The zero-order valence-corrected chi connectivity index (χ0v) is 10.5. The number of aliphatic hydroxyl groups is 1. The molecule has 1 unspecified atom stereocenters. The van der Waals surface area contributed by atoms with Crippen LogP contribution in [0.3, 0.4) is 0 Å². The zero-order chi connectivity index (χ0) is 12.2. The molecular formula is C12H24N2O2. The quantitative estimate of drug-likeness (QED) is 0.687. The molecule has 0 saturated heterocycles. The number of carbonyl (C=O) groups is 1. The Morgan fingerprint density at radius 3 is 2.50 bits per heavy atom. The van der Waals surface area contributed by atoms with Gasteiger partial charge in [0.25, 0.3) is 0 Å². The summed E-state index contributed by atoms with van der Waals surface area (Å²) in [6.07, 6.45) is 4.42. The summed E-state index contributed by atoms with van der Waals surface area (Å²) in [6.45, 7) is 6.31. The van der Waals surface area contributed by atoms with Crippen molar-refractivity contribution in [2.24, 2.45) is 5.41 Å². The molecule has 3 N–H and O–H groups in total. The van der Waals surface area contributed by atoms with Crippen molar-refractivity contribution in [1.29, 1.82) is 0 Å². The van der Waals surface area contributed by atoms with E-state index in [2.05, 4.69) is 24.5 Å². The van der Waals surface area contributed by atoms with E-state index in [1.807, 2.05) is 0 Å². The van der Waals surface area contributed by atoms with Crippen molar-refractivity contribution in [3.05, 3.63) is 0 Å². The minimum absolute atomic E-state index is 0.0227. The van der Waals surface area contributed by atoms with Gasteiger partial charge >= 0.3 is 6.03 Å². The first-order valence-electron chi connectivity index (χ1n) is 6.11. The van der Waals surface area contributed by atoms with Crippen molar-refractivity contribution in [2.75, 3.05) is 6.61 Å². The van der Waals surface area contributed by atoms with Gasteiger partial charge in [-0.15, -0.1) is 0 Å². The monoisotopic (exact) mass is 228 g/mol. The second-order valence-corrected chi connectivity index (χ2v) is 5.64. The summed E-state index contributed by atoms with van der Waals surface area (Å²) in [6, 6.07) is -0.0507. The van der Waals surface area contributed by atoms with Gasteiger partial charge in [-0.05, 0) is 38.0 Å². The van der Waals surface area contributed by atoms with Crippen LogP contribution in [0.4, 0.5) is 4.79 Å². The molecule has 1 aliphatic carbocycles. The Morgan fingerprint density at radius 2 is 2.00 bits per heavy atom. The van der Waals surface area contributed by atoms with E-state index >= 15 is 0 Å². The first-order valence-corrected chi connectivity index (χ1v) is 6.11. The molecule has 0 aliphatic heterocycles. The minimum atomic E-state index is -0.181. The van der Waals surface area contributed by atoms with Gasteiger partial charge in [-0.25, -0.2) is 4.79 Å². The molecule has 0 bridgehead atoms. The van der Waals surface area contributed by atoms with Gasteiger partial charge in [-0.3, -0.25) is 0 Å². The normalized spacial score (nSPS) is 22.5. The van der Waals surface area contributed by atoms with Gasteiger partial charge in [0.15, 0.2) is 0 Å². The number of carbonyl (C=O) groups excluding carboxylic acids is 1. The van der Waals surface area contributed by atoms with Crippen LogP contribution in [0.15, 0.2) is 0 Å². The third-order valence-corrected chi connectivity index (χ3v) is 3.33. The molecule has 1 rings (SSSR count). The lowest BCUT2D eigenvalue weighted by molar-refractivity contribution is 0.191. The highest BCUT2D eigenvalue weighted by atomic mass is 16.3. The first kappa shape index (κ1) is 13.3. The largest absolute Gasteiger partial charge is 0.394 e. The summed E-state index contributed by atoms with van der Waals surface area (Å²) < 4.78 is 0. The molecular weight excluding hydrogens is 204 g/mol. The number of aliphatic hydroxyl groups excluding tert-OH is 1. The van der Waals surface area contributed by atoms with E-state index in [4.69, 9.17) is 5.11 Å². The van der Waals surface area contributed by atoms with Crippen molar-refractivity contribution < 1.29 is 9.90 Å². The molecule has 0 aromatic rings. The summed E-state index contributed by atoms with van der Waals surface area (Å²) >= 11 is 0. The van der Waals surface area contributed by atoms with Gasteiger partial charge < -0.3 is 15.7 Å². The van der Waals surface area contributed by atoms with Crippen molar-refractivity contribution in [1.82, 2.24) is 10.6 Å². The fourth-order valence-electron chi connectivity index (χ4n) is 2.04. The van der Waals surface area contributed by atoms with Crippen LogP contribution in [0.2, 0.25) is 0 Å². The maximum Gasteiger partial charge on any atom is 0.315 e. The fraction of sp³-hybridized carbons (Fsp3) is 0.917. The molecule has 4 nitrogen and oxygen atoms in total. The number of hydrogen-bond acceptors (Lipinski definition) is 2. The molecule has 0 spiro atoms. The van der Waals surface area contributed by atoms with E-state index in [0.717, 1.165) is 25.7 Å². The predicted molar refractivity (Wildman–Crippen MR) is 64.3 cm³/mol. The zero-order valence-electron chi connectivity index (χ0n) is 10.5. The Bertz CT molecular complexity index is 231. The highest BCUT2D eigenvalue weighted by Crippen LogP contribution is 2.34.